The number of ether oxygens (including phenoxy) is 1. The summed E-state index contributed by atoms with van der Waals surface area (Å²) in [6, 6.07) is 12.2. The van der Waals surface area contributed by atoms with Gasteiger partial charge in [0.15, 0.2) is 0 Å². The summed E-state index contributed by atoms with van der Waals surface area (Å²) in [6.45, 7) is -0.0896. The highest BCUT2D eigenvalue weighted by Crippen LogP contribution is 2.35. The Morgan fingerprint density at radius 2 is 1.81 bits per heavy atom. The van der Waals surface area contributed by atoms with Crippen molar-refractivity contribution in [2.75, 3.05) is 4.90 Å². The van der Waals surface area contributed by atoms with E-state index in [1.165, 1.54) is 48.5 Å². The lowest BCUT2D eigenvalue weighted by atomic mass is 10.1. The van der Waals surface area contributed by atoms with E-state index in [2.05, 4.69) is 0 Å². The first-order valence-corrected chi connectivity index (χ1v) is 10.9. The van der Waals surface area contributed by atoms with Crippen molar-refractivity contribution < 1.29 is 28.4 Å². The second-order valence-corrected chi connectivity index (χ2v) is 8.30. The quantitative estimate of drug-likeness (QED) is 0.200. The number of imide groups is 2. The maximum absolute atomic E-state index is 13.5. The molecule has 1 N–H and O–H groups in total. The fourth-order valence-corrected chi connectivity index (χ4v) is 3.98. The van der Waals surface area contributed by atoms with Crippen LogP contribution >= 0.6 is 23.2 Å². The first-order chi connectivity index (χ1) is 17.1. The van der Waals surface area contributed by atoms with Crippen LogP contribution in [-0.2, 0) is 16.2 Å². The van der Waals surface area contributed by atoms with E-state index in [0.29, 0.717) is 10.5 Å². The van der Waals surface area contributed by atoms with Crippen molar-refractivity contribution in [3.05, 3.63) is 103 Å². The molecule has 1 saturated heterocycles. The molecule has 36 heavy (non-hydrogen) atoms. The smallest absolute Gasteiger partial charge is 0.335 e. The number of halogens is 3. The van der Waals surface area contributed by atoms with Crippen LogP contribution in [0.1, 0.15) is 11.1 Å². The minimum atomic E-state index is -1.07. The predicted molar refractivity (Wildman–Crippen MR) is 129 cm³/mol. The molecule has 4 amide bonds. The van der Waals surface area contributed by atoms with Gasteiger partial charge in [-0.3, -0.25) is 25.0 Å². The van der Waals surface area contributed by atoms with Crippen LogP contribution in [0.5, 0.6) is 5.75 Å². The number of amides is 4. The Hall–Kier alpha value is -4.28. The number of hydrogen-bond donors (Lipinski definition) is 1. The Morgan fingerprint density at radius 3 is 2.53 bits per heavy atom. The molecule has 1 aliphatic rings. The van der Waals surface area contributed by atoms with Gasteiger partial charge in [0.25, 0.3) is 17.5 Å². The molecule has 1 fully saturated rings. The number of non-ortho nitro benzene ring substituents is 1. The summed E-state index contributed by atoms with van der Waals surface area (Å²) in [6.07, 6.45) is 1.13. The zero-order chi connectivity index (χ0) is 26.0. The van der Waals surface area contributed by atoms with Crippen molar-refractivity contribution >= 4 is 58.5 Å². The molecular formula is C24H14Cl2FN3O6. The second-order valence-electron chi connectivity index (χ2n) is 7.46. The number of nitro benzene ring substituents is 1. The number of rotatable bonds is 6. The maximum Gasteiger partial charge on any atom is 0.335 e. The fraction of sp³-hybridized carbons (Fsp3) is 0.0417. The average Bonchev–Trinajstić information content (AvgIpc) is 2.81. The summed E-state index contributed by atoms with van der Waals surface area (Å²) in [5, 5.41) is 13.4. The molecule has 0 atom stereocenters. The highest BCUT2D eigenvalue weighted by Gasteiger charge is 2.37. The molecule has 3 aromatic carbocycles. The van der Waals surface area contributed by atoms with E-state index in [1.807, 2.05) is 5.32 Å². The number of urea groups is 1. The van der Waals surface area contributed by atoms with Gasteiger partial charge in [-0.1, -0.05) is 41.4 Å². The van der Waals surface area contributed by atoms with Crippen LogP contribution in [0.4, 0.5) is 20.6 Å². The predicted octanol–water partition coefficient (Wildman–Crippen LogP) is 5.29. The number of nitrogens with zero attached hydrogens (tertiary/aromatic N) is 2. The van der Waals surface area contributed by atoms with Crippen molar-refractivity contribution in [1.82, 2.24) is 5.32 Å². The first-order valence-electron chi connectivity index (χ1n) is 10.2. The van der Waals surface area contributed by atoms with Crippen LogP contribution < -0.4 is 15.0 Å². The molecule has 1 aliphatic heterocycles. The van der Waals surface area contributed by atoms with E-state index >= 15 is 0 Å². The average molecular weight is 530 g/mol. The summed E-state index contributed by atoms with van der Waals surface area (Å²) in [5.74, 6) is -2.44. The zero-order valence-electron chi connectivity index (χ0n) is 18.0. The minimum absolute atomic E-state index is 0.0530. The number of benzene rings is 3. The van der Waals surface area contributed by atoms with Gasteiger partial charge in [0, 0.05) is 22.7 Å². The summed E-state index contributed by atoms with van der Waals surface area (Å²) in [7, 11) is 0. The molecule has 1 heterocycles. The molecule has 0 aliphatic carbocycles. The third kappa shape index (κ3) is 5.19. The van der Waals surface area contributed by atoms with Crippen LogP contribution in [0.2, 0.25) is 10.0 Å². The van der Waals surface area contributed by atoms with Crippen LogP contribution in [-0.4, -0.2) is 22.8 Å². The molecule has 3 aromatic rings. The van der Waals surface area contributed by atoms with E-state index in [1.54, 1.807) is 6.07 Å². The lowest BCUT2D eigenvalue weighted by Gasteiger charge is -2.26. The van der Waals surface area contributed by atoms with Gasteiger partial charge in [-0.05, 0) is 42.0 Å². The molecular weight excluding hydrogens is 516 g/mol. The number of nitro groups is 1. The summed E-state index contributed by atoms with van der Waals surface area (Å²) in [4.78, 5) is 49.2. The molecule has 0 unspecified atom stereocenters. The number of carbonyl (C=O) groups is 3. The molecule has 0 radical (unpaired) electrons. The van der Waals surface area contributed by atoms with Crippen LogP contribution in [0.25, 0.3) is 6.08 Å². The van der Waals surface area contributed by atoms with Gasteiger partial charge >= 0.3 is 6.03 Å². The van der Waals surface area contributed by atoms with Crippen LogP contribution in [0.15, 0.2) is 66.2 Å². The number of nitrogens with one attached hydrogen (secondary N) is 1. The highest BCUT2D eigenvalue weighted by atomic mass is 35.5. The SMILES string of the molecule is O=C1NC(=O)N(c2cccc([N+](=O)[O-])c2)C(=O)/C1=C/c1cc(Cl)cc(Cl)c1OCc1cccc(F)c1. The molecule has 12 heteroatoms. The van der Waals surface area contributed by atoms with E-state index < -0.39 is 34.2 Å². The van der Waals surface area contributed by atoms with E-state index in [9.17, 15) is 28.9 Å². The van der Waals surface area contributed by atoms with E-state index in [4.69, 9.17) is 27.9 Å². The summed E-state index contributed by atoms with van der Waals surface area (Å²) >= 11 is 12.4. The monoisotopic (exact) mass is 529 g/mol. The first kappa shape index (κ1) is 24.8. The van der Waals surface area contributed by atoms with Crippen molar-refractivity contribution in [3.63, 3.8) is 0 Å². The lowest BCUT2D eigenvalue weighted by molar-refractivity contribution is -0.384. The van der Waals surface area contributed by atoms with Crippen LogP contribution in [0, 0.1) is 15.9 Å². The third-order valence-electron chi connectivity index (χ3n) is 5.01. The van der Waals surface area contributed by atoms with Crippen LogP contribution in [0.3, 0.4) is 0 Å². The van der Waals surface area contributed by atoms with Gasteiger partial charge in [0.2, 0.25) is 0 Å². The van der Waals surface area contributed by atoms with E-state index in [-0.39, 0.29) is 39.3 Å². The van der Waals surface area contributed by atoms with Gasteiger partial charge in [0.05, 0.1) is 15.6 Å². The Morgan fingerprint density at radius 1 is 1.06 bits per heavy atom. The van der Waals surface area contributed by atoms with Gasteiger partial charge in [-0.15, -0.1) is 0 Å². The Labute approximate surface area is 212 Å². The summed E-state index contributed by atoms with van der Waals surface area (Å²) in [5.41, 5.74) is -0.318. The number of barbiturate groups is 1. The van der Waals surface area contributed by atoms with Crippen molar-refractivity contribution in [1.29, 1.82) is 0 Å². The second kappa shape index (κ2) is 10.1. The number of anilines is 1. The number of hydrogen-bond acceptors (Lipinski definition) is 6. The van der Waals surface area contributed by atoms with Gasteiger partial charge in [0.1, 0.15) is 23.7 Å². The minimum Gasteiger partial charge on any atom is -0.487 e. The van der Waals surface area contributed by atoms with Crippen molar-refractivity contribution in [3.8, 4) is 5.75 Å². The largest absolute Gasteiger partial charge is 0.487 e. The molecule has 0 saturated carbocycles. The number of carbonyl (C=O) groups excluding carboxylic acids is 3. The van der Waals surface area contributed by atoms with Gasteiger partial charge in [-0.25, -0.2) is 14.1 Å². The topological polar surface area (TPSA) is 119 Å². The van der Waals surface area contributed by atoms with E-state index in [0.717, 1.165) is 12.1 Å². The zero-order valence-corrected chi connectivity index (χ0v) is 19.5. The Balaban J connectivity index is 1.72. The lowest BCUT2D eigenvalue weighted by Crippen LogP contribution is -2.54. The normalized spacial score (nSPS) is 14.7. The molecule has 9 nitrogen and oxygen atoms in total. The molecule has 0 aromatic heterocycles. The molecule has 0 spiro atoms. The van der Waals surface area contributed by atoms with Gasteiger partial charge < -0.3 is 4.74 Å². The highest BCUT2D eigenvalue weighted by molar-refractivity contribution is 6.40. The molecule has 4 rings (SSSR count). The Bertz CT molecular complexity index is 1460. The van der Waals surface area contributed by atoms with Gasteiger partial charge in [-0.2, -0.15) is 0 Å². The third-order valence-corrected chi connectivity index (χ3v) is 5.51. The Kier molecular flexibility index (Phi) is 7.00. The summed E-state index contributed by atoms with van der Waals surface area (Å²) < 4.78 is 19.3. The maximum atomic E-state index is 13.5. The fourth-order valence-electron chi connectivity index (χ4n) is 3.42. The van der Waals surface area contributed by atoms with Crippen molar-refractivity contribution in [2.45, 2.75) is 6.61 Å². The molecule has 0 bridgehead atoms. The molecule has 182 valence electrons. The standard InChI is InChI=1S/C24H14Cl2FN3O6/c25-15-8-14(21(20(26)10-15)36-12-13-3-1-4-16(27)7-13)9-19-22(31)28-24(33)29(23(19)32)17-5-2-6-18(11-17)30(34)35/h1-11H,12H2,(H,28,31,33)/b19-9+. The van der Waals surface area contributed by atoms with Crippen molar-refractivity contribution in [2.24, 2.45) is 0 Å².